The first-order valence-electron chi connectivity index (χ1n) is 10.1. The first-order chi connectivity index (χ1) is 14.0. The van der Waals surface area contributed by atoms with Gasteiger partial charge in [-0.3, -0.25) is 0 Å². The van der Waals surface area contributed by atoms with Crippen LogP contribution in [0.5, 0.6) is 0 Å². The first-order valence-corrected chi connectivity index (χ1v) is 12.3. The molecule has 2 heterocycles. The molecule has 0 aliphatic carbocycles. The van der Waals surface area contributed by atoms with E-state index in [9.17, 15) is 8.42 Å². The molecule has 0 unspecified atom stereocenters. The molecule has 3 rings (SSSR count). The molecule has 1 aromatic carbocycles. The van der Waals surface area contributed by atoms with Crippen molar-refractivity contribution < 1.29 is 8.42 Å². The molecule has 2 N–H and O–H groups in total. The highest BCUT2D eigenvalue weighted by atomic mass is 127. The Morgan fingerprint density at radius 1 is 1.17 bits per heavy atom. The zero-order chi connectivity index (χ0) is 20.7. The molecule has 1 aliphatic rings. The third kappa shape index (κ3) is 6.63. The molecule has 10 heteroatoms. The van der Waals surface area contributed by atoms with E-state index in [4.69, 9.17) is 0 Å². The average molecular weight is 564 g/mol. The van der Waals surface area contributed by atoms with E-state index in [1.807, 2.05) is 25.3 Å². The van der Waals surface area contributed by atoms with Crippen molar-refractivity contribution in [3.05, 3.63) is 45.9 Å². The fourth-order valence-electron chi connectivity index (χ4n) is 3.11. The van der Waals surface area contributed by atoms with Crippen LogP contribution in [0.1, 0.15) is 42.1 Å². The maximum atomic E-state index is 12.6. The summed E-state index contributed by atoms with van der Waals surface area (Å²) in [5.74, 6) is 0.717. The van der Waals surface area contributed by atoms with E-state index in [0.717, 1.165) is 42.3 Å². The van der Waals surface area contributed by atoms with Gasteiger partial charge in [0.05, 0.1) is 18.0 Å². The average Bonchev–Trinajstić information content (AvgIpc) is 3.42. The van der Waals surface area contributed by atoms with Crippen LogP contribution in [0.4, 0.5) is 0 Å². The van der Waals surface area contributed by atoms with Crippen molar-refractivity contribution >= 4 is 51.3 Å². The lowest BCUT2D eigenvalue weighted by atomic mass is 10.2. The Bertz CT molecular complexity index is 923. The Morgan fingerprint density at radius 2 is 1.87 bits per heavy atom. The molecule has 1 aliphatic heterocycles. The van der Waals surface area contributed by atoms with E-state index in [1.165, 1.54) is 4.88 Å². The number of aromatic nitrogens is 1. The van der Waals surface area contributed by atoms with Gasteiger partial charge in [-0.2, -0.15) is 4.31 Å². The predicted molar refractivity (Wildman–Crippen MR) is 133 cm³/mol. The van der Waals surface area contributed by atoms with Gasteiger partial charge in [-0.1, -0.05) is 19.1 Å². The summed E-state index contributed by atoms with van der Waals surface area (Å²) in [6.07, 6.45) is 4.79. The number of benzene rings is 1. The van der Waals surface area contributed by atoms with E-state index in [-0.39, 0.29) is 24.0 Å². The zero-order valence-electron chi connectivity index (χ0n) is 17.4. The van der Waals surface area contributed by atoms with Gasteiger partial charge in [0.2, 0.25) is 10.0 Å². The maximum Gasteiger partial charge on any atom is 0.243 e. The summed E-state index contributed by atoms with van der Waals surface area (Å²) in [7, 11) is -3.37. The molecule has 0 radical (unpaired) electrons. The molecule has 0 bridgehead atoms. The highest BCUT2D eigenvalue weighted by molar-refractivity contribution is 14.0. The quantitative estimate of drug-likeness (QED) is 0.292. The first kappa shape index (κ1) is 25.0. The van der Waals surface area contributed by atoms with Gasteiger partial charge >= 0.3 is 0 Å². The topological polar surface area (TPSA) is 86.7 Å². The number of hydrogen-bond acceptors (Lipinski definition) is 5. The van der Waals surface area contributed by atoms with Gasteiger partial charge in [0.25, 0.3) is 0 Å². The monoisotopic (exact) mass is 563 g/mol. The number of aryl methyl sites for hydroxylation is 1. The van der Waals surface area contributed by atoms with Crippen molar-refractivity contribution in [3.8, 4) is 0 Å². The molecule has 7 nitrogen and oxygen atoms in total. The van der Waals surface area contributed by atoms with E-state index >= 15 is 0 Å². The van der Waals surface area contributed by atoms with E-state index in [1.54, 1.807) is 27.8 Å². The number of nitrogens with one attached hydrogen (secondary N) is 2. The predicted octanol–water partition coefficient (Wildman–Crippen LogP) is 3.36. The Morgan fingerprint density at radius 3 is 2.47 bits per heavy atom. The van der Waals surface area contributed by atoms with Crippen LogP contribution in [-0.2, 0) is 29.5 Å². The summed E-state index contributed by atoms with van der Waals surface area (Å²) in [6, 6.07) is 7.04. The number of sulfonamides is 1. The van der Waals surface area contributed by atoms with Crippen molar-refractivity contribution in [2.75, 3.05) is 19.6 Å². The van der Waals surface area contributed by atoms with Gasteiger partial charge < -0.3 is 10.6 Å². The Balaban J connectivity index is 0.00000320. The fourth-order valence-corrected chi connectivity index (χ4v) is 5.43. The summed E-state index contributed by atoms with van der Waals surface area (Å²) in [5.41, 5.74) is 0.963. The summed E-state index contributed by atoms with van der Waals surface area (Å²) >= 11 is 1.70. The molecule has 0 saturated carbocycles. The summed E-state index contributed by atoms with van der Waals surface area (Å²) in [6.45, 7) is 7.24. The van der Waals surface area contributed by atoms with Gasteiger partial charge in [-0.05, 0) is 43.9 Å². The van der Waals surface area contributed by atoms with Crippen LogP contribution >= 0.6 is 35.3 Å². The molecule has 1 aromatic heterocycles. The zero-order valence-corrected chi connectivity index (χ0v) is 21.4. The Kier molecular flexibility index (Phi) is 9.98. The number of aliphatic imine (C=N–C) groups is 1. The maximum absolute atomic E-state index is 12.6. The summed E-state index contributed by atoms with van der Waals surface area (Å²) in [4.78, 5) is 10.6. The smallest absolute Gasteiger partial charge is 0.243 e. The number of rotatable bonds is 8. The third-order valence-electron chi connectivity index (χ3n) is 4.75. The SMILES string of the molecule is CCNC(=NCc1ccc(S(=O)(=O)N2CCCC2)cc1)NCc1ncc(CC)s1.I. The van der Waals surface area contributed by atoms with Crippen LogP contribution in [0.3, 0.4) is 0 Å². The van der Waals surface area contributed by atoms with Crippen molar-refractivity contribution in [1.29, 1.82) is 0 Å². The number of hydrogen-bond donors (Lipinski definition) is 2. The molecular weight excluding hydrogens is 533 g/mol. The molecule has 30 heavy (non-hydrogen) atoms. The van der Waals surface area contributed by atoms with Crippen LogP contribution < -0.4 is 10.6 Å². The van der Waals surface area contributed by atoms with E-state index in [2.05, 4.69) is 27.5 Å². The number of nitrogens with zero attached hydrogens (tertiary/aromatic N) is 3. The Labute approximate surface area is 200 Å². The molecule has 0 amide bonds. The minimum Gasteiger partial charge on any atom is -0.357 e. The third-order valence-corrected chi connectivity index (χ3v) is 7.80. The van der Waals surface area contributed by atoms with Crippen molar-refractivity contribution in [3.63, 3.8) is 0 Å². The lowest BCUT2D eigenvalue weighted by molar-refractivity contribution is 0.477. The highest BCUT2D eigenvalue weighted by Gasteiger charge is 2.26. The minimum atomic E-state index is -3.37. The standard InChI is InChI=1S/C20H29N5O2S2.HI/c1-3-17-14-22-19(28-17)15-24-20(21-4-2)23-13-16-7-9-18(10-8-16)29(26,27)25-11-5-6-12-25;/h7-10,14H,3-6,11-13,15H2,1-2H3,(H2,21,23,24);1H. The summed E-state index contributed by atoms with van der Waals surface area (Å²) < 4.78 is 26.8. The molecule has 2 aromatic rings. The second-order valence-electron chi connectivity index (χ2n) is 6.88. The largest absolute Gasteiger partial charge is 0.357 e. The number of halogens is 1. The second kappa shape index (κ2) is 12.0. The van der Waals surface area contributed by atoms with Gasteiger partial charge in [0, 0.05) is 30.7 Å². The van der Waals surface area contributed by atoms with Gasteiger partial charge in [-0.15, -0.1) is 35.3 Å². The molecule has 1 fully saturated rings. The fraction of sp³-hybridized carbons (Fsp3) is 0.500. The number of thiazole rings is 1. The van der Waals surface area contributed by atoms with Crippen molar-refractivity contribution in [2.24, 2.45) is 4.99 Å². The second-order valence-corrected chi connectivity index (χ2v) is 10.0. The Hall–Kier alpha value is -1.24. The normalized spacial score (nSPS) is 15.1. The van der Waals surface area contributed by atoms with Crippen LogP contribution in [0.2, 0.25) is 0 Å². The van der Waals surface area contributed by atoms with Gasteiger partial charge in [-0.25, -0.2) is 18.4 Å². The lowest BCUT2D eigenvalue weighted by Crippen LogP contribution is -2.36. The number of guanidine groups is 1. The van der Waals surface area contributed by atoms with Crippen molar-refractivity contribution in [1.82, 2.24) is 19.9 Å². The summed E-state index contributed by atoms with van der Waals surface area (Å²) in [5, 5.41) is 7.56. The van der Waals surface area contributed by atoms with Crippen LogP contribution in [0, 0.1) is 0 Å². The van der Waals surface area contributed by atoms with Gasteiger partial charge in [0.15, 0.2) is 5.96 Å². The molecule has 0 atom stereocenters. The molecule has 1 saturated heterocycles. The lowest BCUT2D eigenvalue weighted by Gasteiger charge is -2.15. The van der Waals surface area contributed by atoms with Crippen LogP contribution in [-0.4, -0.2) is 43.3 Å². The highest BCUT2D eigenvalue weighted by Crippen LogP contribution is 2.21. The van der Waals surface area contributed by atoms with E-state index < -0.39 is 10.0 Å². The van der Waals surface area contributed by atoms with Gasteiger partial charge in [0.1, 0.15) is 5.01 Å². The van der Waals surface area contributed by atoms with Crippen molar-refractivity contribution in [2.45, 2.75) is 51.1 Å². The van der Waals surface area contributed by atoms with Crippen LogP contribution in [0.15, 0.2) is 40.4 Å². The van der Waals surface area contributed by atoms with Crippen LogP contribution in [0.25, 0.3) is 0 Å². The molecule has 166 valence electrons. The molecule has 0 spiro atoms. The van der Waals surface area contributed by atoms with E-state index in [0.29, 0.717) is 31.1 Å². The minimum absolute atomic E-state index is 0. The molecular formula is C20H30IN5O2S2.